The molecule has 4 heteroatoms. The molecule has 1 atom stereocenters. The highest BCUT2D eigenvalue weighted by molar-refractivity contribution is 5.85. The van der Waals surface area contributed by atoms with E-state index in [4.69, 9.17) is 5.26 Å². The Labute approximate surface area is 57.4 Å². The van der Waals surface area contributed by atoms with Gasteiger partial charge in [-0.2, -0.15) is 5.26 Å². The molecule has 0 fully saturated rings. The second-order valence-corrected chi connectivity index (χ2v) is 1.79. The number of ketones is 1. The molecule has 0 aliphatic rings. The first-order valence-electron chi connectivity index (χ1n) is 2.85. The Morgan fingerprint density at radius 2 is 2.20 bits per heavy atom. The standard InChI is InChI=1S/C6H7F2NO/c1-2-4(3-9)5(10)6(7)8/h4,6H,2H2,1H3. The first kappa shape index (κ1) is 9.02. The zero-order valence-electron chi connectivity index (χ0n) is 5.47. The van der Waals surface area contributed by atoms with E-state index in [2.05, 4.69) is 0 Å². The molecule has 56 valence electrons. The fourth-order valence-electron chi connectivity index (χ4n) is 0.508. The molecule has 0 radical (unpaired) electrons. The van der Waals surface area contributed by atoms with E-state index in [1.54, 1.807) is 0 Å². The average Bonchev–Trinajstić information content (AvgIpc) is 1.90. The van der Waals surface area contributed by atoms with Crippen LogP contribution in [0.15, 0.2) is 0 Å². The van der Waals surface area contributed by atoms with Crippen molar-refractivity contribution in [2.45, 2.75) is 19.8 Å². The van der Waals surface area contributed by atoms with Crippen molar-refractivity contribution in [3.8, 4) is 6.07 Å². The third-order valence-corrected chi connectivity index (χ3v) is 1.12. The molecule has 0 saturated carbocycles. The van der Waals surface area contributed by atoms with Crippen LogP contribution in [-0.2, 0) is 4.79 Å². The Kier molecular flexibility index (Phi) is 3.55. The maximum atomic E-state index is 11.6. The Morgan fingerprint density at radius 3 is 2.30 bits per heavy atom. The lowest BCUT2D eigenvalue weighted by Gasteiger charge is -2.01. The van der Waals surface area contributed by atoms with Crippen molar-refractivity contribution in [3.63, 3.8) is 0 Å². The maximum Gasteiger partial charge on any atom is 0.297 e. The molecule has 0 saturated heterocycles. The predicted molar refractivity (Wildman–Crippen MR) is 30.4 cm³/mol. The molecular weight excluding hydrogens is 140 g/mol. The van der Waals surface area contributed by atoms with Crippen molar-refractivity contribution in [3.05, 3.63) is 0 Å². The molecule has 2 nitrogen and oxygen atoms in total. The molecular formula is C6H7F2NO. The van der Waals surface area contributed by atoms with Gasteiger partial charge in [0.05, 0.1) is 6.07 Å². The number of halogens is 2. The smallest absolute Gasteiger partial charge is 0.292 e. The first-order valence-corrected chi connectivity index (χ1v) is 2.85. The molecule has 0 bridgehead atoms. The molecule has 0 heterocycles. The van der Waals surface area contributed by atoms with E-state index in [0.29, 0.717) is 0 Å². The van der Waals surface area contributed by atoms with Gasteiger partial charge in [-0.3, -0.25) is 4.79 Å². The lowest BCUT2D eigenvalue weighted by atomic mass is 10.0. The Morgan fingerprint density at radius 1 is 1.70 bits per heavy atom. The minimum absolute atomic E-state index is 0.152. The molecule has 0 aromatic rings. The van der Waals surface area contributed by atoms with E-state index in [1.807, 2.05) is 0 Å². The van der Waals surface area contributed by atoms with Gasteiger partial charge in [0.1, 0.15) is 5.92 Å². The van der Waals surface area contributed by atoms with Gasteiger partial charge in [-0.1, -0.05) is 6.92 Å². The van der Waals surface area contributed by atoms with Crippen LogP contribution in [0.2, 0.25) is 0 Å². The number of hydrogen-bond donors (Lipinski definition) is 0. The highest BCUT2D eigenvalue weighted by atomic mass is 19.3. The minimum atomic E-state index is -3.01. The third kappa shape index (κ3) is 2.09. The van der Waals surface area contributed by atoms with Gasteiger partial charge in [0.2, 0.25) is 5.78 Å². The molecule has 0 aliphatic carbocycles. The Hall–Kier alpha value is -0.980. The van der Waals surface area contributed by atoms with Crippen LogP contribution in [0.5, 0.6) is 0 Å². The molecule has 10 heavy (non-hydrogen) atoms. The number of carbonyl (C=O) groups excluding carboxylic acids is 1. The van der Waals surface area contributed by atoms with Crippen LogP contribution in [0, 0.1) is 17.2 Å². The summed E-state index contributed by atoms with van der Waals surface area (Å²) in [6.45, 7) is 1.52. The molecule has 1 unspecified atom stereocenters. The molecule has 0 rings (SSSR count). The van der Waals surface area contributed by atoms with E-state index in [1.165, 1.54) is 13.0 Å². The lowest BCUT2D eigenvalue weighted by Crippen LogP contribution is -2.19. The van der Waals surface area contributed by atoms with E-state index in [0.717, 1.165) is 0 Å². The second kappa shape index (κ2) is 3.94. The zero-order chi connectivity index (χ0) is 8.15. The summed E-state index contributed by atoms with van der Waals surface area (Å²) in [5, 5.41) is 8.14. The summed E-state index contributed by atoms with van der Waals surface area (Å²) in [6.07, 6.45) is -2.86. The van der Waals surface area contributed by atoms with Gasteiger partial charge in [-0.25, -0.2) is 8.78 Å². The monoisotopic (exact) mass is 147 g/mol. The normalized spacial score (nSPS) is 12.7. The molecule has 0 aromatic heterocycles. The molecule has 0 aromatic carbocycles. The summed E-state index contributed by atoms with van der Waals surface area (Å²) < 4.78 is 23.1. The summed E-state index contributed by atoms with van der Waals surface area (Å²) in [4.78, 5) is 10.3. The van der Waals surface area contributed by atoms with Crippen molar-refractivity contribution in [1.29, 1.82) is 5.26 Å². The lowest BCUT2D eigenvalue weighted by molar-refractivity contribution is -0.132. The second-order valence-electron chi connectivity index (χ2n) is 1.79. The van der Waals surface area contributed by atoms with Crippen LogP contribution in [-0.4, -0.2) is 12.2 Å². The summed E-state index contributed by atoms with van der Waals surface area (Å²) in [5.41, 5.74) is 0. The van der Waals surface area contributed by atoms with Gasteiger partial charge in [0.15, 0.2) is 0 Å². The van der Waals surface area contributed by atoms with Gasteiger partial charge in [0.25, 0.3) is 6.43 Å². The minimum Gasteiger partial charge on any atom is -0.292 e. The maximum absolute atomic E-state index is 11.6. The Balaban J connectivity index is 4.06. The topological polar surface area (TPSA) is 40.9 Å². The van der Waals surface area contributed by atoms with E-state index in [9.17, 15) is 13.6 Å². The molecule has 0 spiro atoms. The van der Waals surface area contributed by atoms with E-state index < -0.39 is 18.1 Å². The fourth-order valence-corrected chi connectivity index (χ4v) is 0.508. The number of alkyl halides is 2. The highest BCUT2D eigenvalue weighted by Crippen LogP contribution is 2.08. The summed E-state index contributed by atoms with van der Waals surface area (Å²) in [7, 11) is 0. The number of Topliss-reactive ketones (excluding diaryl/α,β-unsaturated/α-hetero) is 1. The van der Waals surface area contributed by atoms with Crippen molar-refractivity contribution in [1.82, 2.24) is 0 Å². The summed E-state index contributed by atoms with van der Waals surface area (Å²) in [6, 6.07) is 1.50. The Bertz CT molecular complexity index is 162. The quantitative estimate of drug-likeness (QED) is 0.604. The fraction of sp³-hybridized carbons (Fsp3) is 0.667. The van der Waals surface area contributed by atoms with Crippen LogP contribution < -0.4 is 0 Å². The number of carbonyl (C=O) groups is 1. The van der Waals surface area contributed by atoms with Gasteiger partial charge in [-0.05, 0) is 6.42 Å². The van der Waals surface area contributed by atoms with Crippen LogP contribution in [0.4, 0.5) is 8.78 Å². The van der Waals surface area contributed by atoms with Crippen LogP contribution in [0.3, 0.4) is 0 Å². The molecule has 0 aliphatic heterocycles. The van der Waals surface area contributed by atoms with Gasteiger partial charge < -0.3 is 0 Å². The van der Waals surface area contributed by atoms with Gasteiger partial charge in [-0.15, -0.1) is 0 Å². The highest BCUT2D eigenvalue weighted by Gasteiger charge is 2.24. The van der Waals surface area contributed by atoms with E-state index >= 15 is 0 Å². The van der Waals surface area contributed by atoms with Crippen LogP contribution >= 0.6 is 0 Å². The van der Waals surface area contributed by atoms with Crippen LogP contribution in [0.25, 0.3) is 0 Å². The predicted octanol–water partition coefficient (Wildman–Crippen LogP) is 1.37. The van der Waals surface area contributed by atoms with Crippen molar-refractivity contribution < 1.29 is 13.6 Å². The van der Waals surface area contributed by atoms with E-state index in [-0.39, 0.29) is 6.42 Å². The summed E-state index contributed by atoms with van der Waals surface area (Å²) >= 11 is 0. The van der Waals surface area contributed by atoms with Crippen LogP contribution in [0.1, 0.15) is 13.3 Å². The van der Waals surface area contributed by atoms with Crippen molar-refractivity contribution >= 4 is 5.78 Å². The SMILES string of the molecule is CCC(C#N)C(=O)C(F)F. The number of rotatable bonds is 3. The van der Waals surface area contributed by atoms with Crippen molar-refractivity contribution in [2.75, 3.05) is 0 Å². The first-order chi connectivity index (χ1) is 4.63. The number of nitrogens with zero attached hydrogens (tertiary/aromatic N) is 1. The van der Waals surface area contributed by atoms with Crippen molar-refractivity contribution in [2.24, 2.45) is 5.92 Å². The van der Waals surface area contributed by atoms with Gasteiger partial charge >= 0.3 is 0 Å². The molecule has 0 amide bonds. The summed E-state index contributed by atoms with van der Waals surface area (Å²) in [5.74, 6) is -2.41. The molecule has 0 N–H and O–H groups in total. The number of hydrogen-bond acceptors (Lipinski definition) is 2. The van der Waals surface area contributed by atoms with Gasteiger partial charge in [0, 0.05) is 0 Å². The zero-order valence-corrected chi connectivity index (χ0v) is 5.47. The number of nitriles is 1. The third-order valence-electron chi connectivity index (χ3n) is 1.12. The average molecular weight is 147 g/mol. The largest absolute Gasteiger partial charge is 0.297 e.